The number of nitrogens with zero attached hydrogens (tertiary/aromatic N) is 2. The molecule has 6 nitrogen and oxygen atoms in total. The number of piperidine rings is 1. The van der Waals surface area contributed by atoms with Gasteiger partial charge in [-0.05, 0) is 67.9 Å². The summed E-state index contributed by atoms with van der Waals surface area (Å²) < 4.78 is 5.97. The zero-order valence-electron chi connectivity index (χ0n) is 18.5. The number of hydrogen-bond acceptors (Lipinski definition) is 4. The number of aryl methyl sites for hydroxylation is 1. The fraction of sp³-hybridized carbons (Fsp3) is 0.462. The molecule has 6 heteroatoms. The van der Waals surface area contributed by atoms with Crippen molar-refractivity contribution in [1.82, 2.24) is 9.80 Å². The van der Waals surface area contributed by atoms with Crippen LogP contribution in [0.15, 0.2) is 48.5 Å². The number of amides is 1. The van der Waals surface area contributed by atoms with Crippen LogP contribution < -0.4 is 4.74 Å². The third-order valence-electron chi connectivity index (χ3n) is 6.50. The summed E-state index contributed by atoms with van der Waals surface area (Å²) in [5.74, 6) is 0.0986. The van der Waals surface area contributed by atoms with Gasteiger partial charge in [0.1, 0.15) is 5.75 Å². The number of benzene rings is 2. The molecule has 32 heavy (non-hydrogen) atoms. The second-order valence-electron chi connectivity index (χ2n) is 8.80. The first-order valence-electron chi connectivity index (χ1n) is 11.6. The van der Waals surface area contributed by atoms with Crippen molar-refractivity contribution in [2.24, 2.45) is 0 Å². The van der Waals surface area contributed by atoms with E-state index in [-0.39, 0.29) is 11.9 Å². The van der Waals surface area contributed by atoms with E-state index in [4.69, 9.17) is 4.74 Å². The molecule has 1 atom stereocenters. The topological polar surface area (TPSA) is 70.1 Å². The van der Waals surface area contributed by atoms with Crippen molar-refractivity contribution >= 4 is 11.9 Å². The molecule has 2 aliphatic rings. The van der Waals surface area contributed by atoms with Crippen molar-refractivity contribution in [3.05, 3.63) is 65.2 Å². The number of hydrogen-bond donors (Lipinski definition) is 1. The van der Waals surface area contributed by atoms with E-state index in [0.29, 0.717) is 31.8 Å². The van der Waals surface area contributed by atoms with Crippen LogP contribution in [-0.2, 0) is 17.8 Å². The molecule has 2 aromatic carbocycles. The predicted molar refractivity (Wildman–Crippen MR) is 123 cm³/mol. The Balaban J connectivity index is 1.55. The molecule has 4 rings (SSSR count). The van der Waals surface area contributed by atoms with Crippen molar-refractivity contribution in [1.29, 1.82) is 0 Å². The summed E-state index contributed by atoms with van der Waals surface area (Å²) in [6, 6.07) is 15.6. The van der Waals surface area contributed by atoms with E-state index in [1.807, 2.05) is 24.3 Å². The number of carbonyl (C=O) groups is 2. The summed E-state index contributed by atoms with van der Waals surface area (Å²) in [5, 5.41) is 9.56. The van der Waals surface area contributed by atoms with Crippen molar-refractivity contribution < 1.29 is 19.4 Å². The first-order valence-corrected chi connectivity index (χ1v) is 11.6. The second-order valence-corrected chi connectivity index (χ2v) is 8.80. The van der Waals surface area contributed by atoms with Crippen molar-refractivity contribution in [3.8, 4) is 5.75 Å². The van der Waals surface area contributed by atoms with Crippen LogP contribution in [0.4, 0.5) is 0 Å². The van der Waals surface area contributed by atoms with E-state index < -0.39 is 5.97 Å². The Labute approximate surface area is 189 Å². The van der Waals surface area contributed by atoms with Crippen LogP contribution in [-0.4, -0.2) is 59.1 Å². The van der Waals surface area contributed by atoms with Gasteiger partial charge in [0.25, 0.3) is 0 Å². The molecule has 2 aliphatic heterocycles. The van der Waals surface area contributed by atoms with Crippen LogP contribution in [0, 0.1) is 0 Å². The van der Waals surface area contributed by atoms with Gasteiger partial charge in [-0.15, -0.1) is 0 Å². The van der Waals surface area contributed by atoms with Crippen LogP contribution in [0.1, 0.15) is 53.6 Å². The fourth-order valence-corrected chi connectivity index (χ4v) is 4.84. The molecule has 1 N–H and O–H groups in total. The Morgan fingerprint density at radius 2 is 1.91 bits per heavy atom. The predicted octanol–water partition coefficient (Wildman–Crippen LogP) is 3.98. The molecule has 2 heterocycles. The number of aromatic carboxylic acids is 1. The number of carboxylic acids is 1. The highest BCUT2D eigenvalue weighted by atomic mass is 16.5. The van der Waals surface area contributed by atoms with Gasteiger partial charge in [-0.1, -0.05) is 30.3 Å². The monoisotopic (exact) mass is 436 g/mol. The average Bonchev–Trinajstić information content (AvgIpc) is 2.80. The van der Waals surface area contributed by atoms with E-state index in [1.54, 1.807) is 12.1 Å². The fourth-order valence-electron chi connectivity index (χ4n) is 4.84. The molecule has 1 fully saturated rings. The lowest BCUT2D eigenvalue weighted by Crippen LogP contribution is -2.48. The highest BCUT2D eigenvalue weighted by molar-refractivity contribution is 5.89. The van der Waals surface area contributed by atoms with E-state index in [0.717, 1.165) is 56.4 Å². The Kier molecular flexibility index (Phi) is 7.43. The number of fused-ring (bicyclic) bond motifs is 3. The Hall–Kier alpha value is -2.86. The van der Waals surface area contributed by atoms with Crippen LogP contribution >= 0.6 is 0 Å². The first kappa shape index (κ1) is 22.3. The van der Waals surface area contributed by atoms with Crippen LogP contribution in [0.2, 0.25) is 0 Å². The SMILES string of the molecule is O=C(O)c1ccccc1CN1CCCOc2cccc(c2)CCC2CCCCN2C(=O)C1. The maximum absolute atomic E-state index is 13.4. The lowest BCUT2D eigenvalue weighted by atomic mass is 9.95. The maximum Gasteiger partial charge on any atom is 0.336 e. The molecule has 0 aliphatic carbocycles. The summed E-state index contributed by atoms with van der Waals surface area (Å²) in [4.78, 5) is 29.2. The van der Waals surface area contributed by atoms with Gasteiger partial charge in [-0.3, -0.25) is 9.69 Å². The number of carboxylic acid groups (broad SMARTS) is 1. The van der Waals surface area contributed by atoms with Gasteiger partial charge < -0.3 is 14.7 Å². The van der Waals surface area contributed by atoms with Crippen molar-refractivity contribution in [2.75, 3.05) is 26.2 Å². The van der Waals surface area contributed by atoms with E-state index in [2.05, 4.69) is 21.9 Å². The molecular weight excluding hydrogens is 404 g/mol. The smallest absolute Gasteiger partial charge is 0.336 e. The minimum absolute atomic E-state index is 0.147. The minimum Gasteiger partial charge on any atom is -0.494 e. The summed E-state index contributed by atoms with van der Waals surface area (Å²) in [7, 11) is 0. The zero-order valence-corrected chi connectivity index (χ0v) is 18.5. The van der Waals surface area contributed by atoms with Crippen LogP contribution in [0.5, 0.6) is 5.75 Å². The number of ether oxygens (including phenoxy) is 1. The molecule has 1 amide bonds. The zero-order chi connectivity index (χ0) is 22.3. The summed E-state index contributed by atoms with van der Waals surface area (Å²) in [6.07, 6.45) is 5.90. The van der Waals surface area contributed by atoms with Gasteiger partial charge in [0.15, 0.2) is 0 Å². The van der Waals surface area contributed by atoms with Crippen LogP contribution in [0.25, 0.3) is 0 Å². The molecule has 0 aromatic heterocycles. The molecule has 0 spiro atoms. The Morgan fingerprint density at radius 3 is 2.78 bits per heavy atom. The van der Waals surface area contributed by atoms with Gasteiger partial charge in [-0.2, -0.15) is 0 Å². The van der Waals surface area contributed by atoms with E-state index >= 15 is 0 Å². The third-order valence-corrected chi connectivity index (χ3v) is 6.50. The maximum atomic E-state index is 13.4. The quantitative estimate of drug-likeness (QED) is 0.788. The second kappa shape index (κ2) is 10.6. The van der Waals surface area contributed by atoms with Gasteiger partial charge in [0.05, 0.1) is 18.7 Å². The van der Waals surface area contributed by atoms with Gasteiger partial charge in [0, 0.05) is 25.7 Å². The molecular formula is C26H32N2O4. The van der Waals surface area contributed by atoms with Crippen molar-refractivity contribution in [2.45, 2.75) is 51.1 Å². The highest BCUT2D eigenvalue weighted by Gasteiger charge is 2.28. The Morgan fingerprint density at radius 1 is 1.03 bits per heavy atom. The lowest BCUT2D eigenvalue weighted by molar-refractivity contribution is -0.136. The number of carbonyl (C=O) groups excluding carboxylic acids is 1. The molecule has 1 saturated heterocycles. The summed E-state index contributed by atoms with van der Waals surface area (Å²) in [6.45, 7) is 2.77. The molecule has 170 valence electrons. The Bertz CT molecular complexity index is 945. The van der Waals surface area contributed by atoms with Gasteiger partial charge in [0.2, 0.25) is 5.91 Å². The summed E-state index contributed by atoms with van der Waals surface area (Å²) in [5.41, 5.74) is 2.28. The first-order chi connectivity index (χ1) is 15.6. The van der Waals surface area contributed by atoms with Gasteiger partial charge >= 0.3 is 5.97 Å². The standard InChI is InChI=1S/C26H32N2O4/c29-25-19-27(18-21-8-1-2-11-24(21)26(30)31)14-6-16-32-23-10-5-7-20(17-23)12-13-22-9-3-4-15-28(22)25/h1-2,5,7-8,10-11,17,22H,3-4,6,9,12-16,18-19H2,(H,30,31). The highest BCUT2D eigenvalue weighted by Crippen LogP contribution is 2.24. The van der Waals surface area contributed by atoms with Gasteiger partial charge in [-0.25, -0.2) is 4.79 Å². The minimum atomic E-state index is -0.937. The number of rotatable bonds is 3. The molecule has 1 unspecified atom stereocenters. The molecule has 2 aromatic rings. The lowest BCUT2D eigenvalue weighted by Gasteiger charge is -2.37. The molecule has 0 radical (unpaired) electrons. The molecule has 0 saturated carbocycles. The van der Waals surface area contributed by atoms with Crippen LogP contribution in [0.3, 0.4) is 0 Å². The van der Waals surface area contributed by atoms with E-state index in [1.165, 1.54) is 5.56 Å². The average molecular weight is 437 g/mol. The third kappa shape index (κ3) is 5.68. The molecule has 2 bridgehead atoms. The normalized spacial score (nSPS) is 20.7. The largest absolute Gasteiger partial charge is 0.494 e. The summed E-state index contributed by atoms with van der Waals surface area (Å²) >= 11 is 0. The van der Waals surface area contributed by atoms with E-state index in [9.17, 15) is 14.7 Å². The van der Waals surface area contributed by atoms with Crippen molar-refractivity contribution in [3.63, 3.8) is 0 Å².